The van der Waals surface area contributed by atoms with Gasteiger partial charge in [-0.1, -0.05) is 27.8 Å². The Kier molecular flexibility index (Phi) is 4.44. The molecule has 1 aromatic carbocycles. The van der Waals surface area contributed by atoms with E-state index in [2.05, 4.69) is 27.8 Å². The summed E-state index contributed by atoms with van der Waals surface area (Å²) in [6, 6.07) is 2.25. The molecule has 1 nitrogen and oxygen atoms in total. The Hall–Kier alpha value is -1.21. The molecule has 0 unspecified atom stereocenters. The molecule has 1 aromatic rings. The van der Waals surface area contributed by atoms with Crippen molar-refractivity contribution in [1.82, 2.24) is 0 Å². The number of carbonyl (C=O) groups excluding carboxylic acids is 1. The van der Waals surface area contributed by atoms with Gasteiger partial charge in [0.05, 0.1) is 11.1 Å². The molecule has 0 fully saturated rings. The van der Waals surface area contributed by atoms with Crippen LogP contribution in [-0.2, 0) is 0 Å². The molecular weight excluding hydrogens is 266 g/mol. The van der Waals surface area contributed by atoms with Gasteiger partial charge in [-0.25, -0.2) is 8.78 Å². The summed E-state index contributed by atoms with van der Waals surface area (Å²) in [7, 11) is 0. The van der Waals surface area contributed by atoms with E-state index in [1.54, 1.807) is 0 Å². The van der Waals surface area contributed by atoms with Crippen LogP contribution in [0.2, 0.25) is 0 Å². The molecule has 0 amide bonds. The average Bonchev–Trinajstić information content (AvgIpc) is 2.22. The lowest BCUT2D eigenvalue weighted by atomic mass is 10.1. The van der Waals surface area contributed by atoms with Crippen LogP contribution < -0.4 is 0 Å². The zero-order chi connectivity index (χ0) is 11.3. The highest BCUT2D eigenvalue weighted by Gasteiger charge is 2.10. The van der Waals surface area contributed by atoms with E-state index in [9.17, 15) is 13.6 Å². The molecule has 0 heterocycles. The average molecular weight is 273 g/mol. The van der Waals surface area contributed by atoms with Crippen molar-refractivity contribution in [2.45, 2.75) is 6.42 Å². The van der Waals surface area contributed by atoms with Gasteiger partial charge in [-0.05, 0) is 12.1 Å². The minimum atomic E-state index is -0.896. The van der Waals surface area contributed by atoms with Gasteiger partial charge in [0.2, 0.25) is 0 Å². The molecule has 0 aliphatic heterocycles. The second-order valence-electron chi connectivity index (χ2n) is 2.68. The molecule has 0 aromatic heterocycles. The summed E-state index contributed by atoms with van der Waals surface area (Å²) in [5.41, 5.74) is -0.528. The number of alkyl halides is 1. The van der Waals surface area contributed by atoms with E-state index in [1.807, 2.05) is 0 Å². The van der Waals surface area contributed by atoms with Gasteiger partial charge in [-0.15, -0.1) is 0 Å². The Morgan fingerprint density at radius 2 is 2.13 bits per heavy atom. The van der Waals surface area contributed by atoms with Crippen molar-refractivity contribution < 1.29 is 13.6 Å². The van der Waals surface area contributed by atoms with Crippen LogP contribution in [0, 0.1) is 23.5 Å². The van der Waals surface area contributed by atoms with Gasteiger partial charge in [-0.3, -0.25) is 4.79 Å². The smallest absolute Gasteiger partial charge is 0.156 e. The number of hydrogen-bond acceptors (Lipinski definition) is 1. The SMILES string of the molecule is O=Cc1c(F)ccc(C#CCCBr)c1F. The van der Waals surface area contributed by atoms with Gasteiger partial charge < -0.3 is 0 Å². The highest BCUT2D eigenvalue weighted by Crippen LogP contribution is 2.14. The highest BCUT2D eigenvalue weighted by atomic mass is 79.9. The number of halogens is 3. The van der Waals surface area contributed by atoms with Crippen molar-refractivity contribution in [3.05, 3.63) is 34.9 Å². The topological polar surface area (TPSA) is 17.1 Å². The van der Waals surface area contributed by atoms with E-state index < -0.39 is 17.2 Å². The number of aldehydes is 1. The first-order valence-electron chi connectivity index (χ1n) is 4.18. The first kappa shape index (κ1) is 11.9. The van der Waals surface area contributed by atoms with Crippen molar-refractivity contribution in [2.75, 3.05) is 5.33 Å². The summed E-state index contributed by atoms with van der Waals surface area (Å²) in [5, 5.41) is 0.684. The van der Waals surface area contributed by atoms with E-state index in [4.69, 9.17) is 0 Å². The van der Waals surface area contributed by atoms with E-state index in [1.165, 1.54) is 6.07 Å². The lowest BCUT2D eigenvalue weighted by molar-refractivity contribution is 0.111. The monoisotopic (exact) mass is 272 g/mol. The maximum Gasteiger partial charge on any atom is 0.156 e. The maximum absolute atomic E-state index is 13.4. The van der Waals surface area contributed by atoms with Crippen molar-refractivity contribution in [3.63, 3.8) is 0 Å². The van der Waals surface area contributed by atoms with Gasteiger partial charge in [0.25, 0.3) is 0 Å². The fraction of sp³-hybridized carbons (Fsp3) is 0.182. The van der Waals surface area contributed by atoms with E-state index in [-0.39, 0.29) is 11.8 Å². The summed E-state index contributed by atoms with van der Waals surface area (Å²) < 4.78 is 26.3. The second kappa shape index (κ2) is 5.62. The molecule has 78 valence electrons. The second-order valence-corrected chi connectivity index (χ2v) is 3.47. The summed E-state index contributed by atoms with van der Waals surface area (Å²) in [4.78, 5) is 10.4. The Morgan fingerprint density at radius 1 is 1.40 bits per heavy atom. The van der Waals surface area contributed by atoms with Crippen LogP contribution in [0.5, 0.6) is 0 Å². The predicted octanol–water partition coefficient (Wildman–Crippen LogP) is 2.91. The molecule has 15 heavy (non-hydrogen) atoms. The zero-order valence-corrected chi connectivity index (χ0v) is 9.27. The molecule has 0 aliphatic rings. The molecule has 1 rings (SSSR count). The van der Waals surface area contributed by atoms with Gasteiger partial charge in [0.15, 0.2) is 12.1 Å². The van der Waals surface area contributed by atoms with E-state index >= 15 is 0 Å². The quantitative estimate of drug-likeness (QED) is 0.460. The van der Waals surface area contributed by atoms with Gasteiger partial charge in [-0.2, -0.15) is 0 Å². The van der Waals surface area contributed by atoms with E-state index in [0.717, 1.165) is 6.07 Å². The molecular formula is C11H7BrF2O. The number of benzene rings is 1. The lowest BCUT2D eigenvalue weighted by Crippen LogP contribution is -1.96. The Morgan fingerprint density at radius 3 is 2.73 bits per heavy atom. The predicted molar refractivity (Wildman–Crippen MR) is 57.0 cm³/mol. The van der Waals surface area contributed by atoms with Crippen LogP contribution >= 0.6 is 15.9 Å². The fourth-order valence-corrected chi connectivity index (χ4v) is 1.18. The first-order chi connectivity index (χ1) is 7.20. The molecule has 0 saturated carbocycles. The minimum Gasteiger partial charge on any atom is -0.298 e. The van der Waals surface area contributed by atoms with E-state index in [0.29, 0.717) is 11.8 Å². The zero-order valence-electron chi connectivity index (χ0n) is 7.69. The van der Waals surface area contributed by atoms with Crippen LogP contribution in [-0.4, -0.2) is 11.6 Å². The number of hydrogen-bond donors (Lipinski definition) is 0. The Bertz CT molecular complexity index is 432. The minimum absolute atomic E-state index is 0.0412. The van der Waals surface area contributed by atoms with Crippen LogP contribution in [0.15, 0.2) is 12.1 Å². The molecule has 0 saturated heterocycles. The molecule has 0 spiro atoms. The molecule has 0 atom stereocenters. The van der Waals surface area contributed by atoms with Crippen molar-refractivity contribution in [3.8, 4) is 11.8 Å². The first-order valence-corrected chi connectivity index (χ1v) is 5.31. The third-order valence-corrected chi connectivity index (χ3v) is 2.08. The molecule has 0 N–H and O–H groups in total. The van der Waals surface area contributed by atoms with Crippen LogP contribution in [0.25, 0.3) is 0 Å². The maximum atomic E-state index is 13.4. The van der Waals surface area contributed by atoms with Crippen LogP contribution in [0.4, 0.5) is 8.78 Å². The number of rotatable bonds is 2. The molecule has 0 aliphatic carbocycles. The third kappa shape index (κ3) is 2.87. The lowest BCUT2D eigenvalue weighted by Gasteiger charge is -1.98. The van der Waals surface area contributed by atoms with Gasteiger partial charge in [0.1, 0.15) is 5.82 Å². The third-order valence-electron chi connectivity index (χ3n) is 1.69. The van der Waals surface area contributed by atoms with Crippen LogP contribution in [0.3, 0.4) is 0 Å². The van der Waals surface area contributed by atoms with Gasteiger partial charge in [0, 0.05) is 11.8 Å². The fourth-order valence-electron chi connectivity index (χ4n) is 0.979. The largest absolute Gasteiger partial charge is 0.298 e. The number of carbonyl (C=O) groups is 1. The summed E-state index contributed by atoms with van der Waals surface area (Å²) in [6.45, 7) is 0. The van der Waals surface area contributed by atoms with Crippen molar-refractivity contribution >= 4 is 22.2 Å². The normalized spacial score (nSPS) is 9.27. The Balaban J connectivity index is 3.12. The molecule has 0 bridgehead atoms. The summed E-state index contributed by atoms with van der Waals surface area (Å²) in [6.07, 6.45) is 0.716. The molecule has 4 heteroatoms. The van der Waals surface area contributed by atoms with Gasteiger partial charge >= 0.3 is 0 Å². The highest BCUT2D eigenvalue weighted by molar-refractivity contribution is 9.09. The summed E-state index contributed by atoms with van der Waals surface area (Å²) >= 11 is 3.17. The molecule has 0 radical (unpaired) electrons. The van der Waals surface area contributed by atoms with Crippen molar-refractivity contribution in [1.29, 1.82) is 0 Å². The Labute approximate surface area is 94.6 Å². The van der Waals surface area contributed by atoms with Crippen LogP contribution in [0.1, 0.15) is 22.3 Å². The standard InChI is InChI=1S/C11H7BrF2O/c12-6-2-1-3-8-4-5-10(13)9(7-15)11(8)14/h4-5,7H,2,6H2. The van der Waals surface area contributed by atoms with Crippen molar-refractivity contribution in [2.24, 2.45) is 0 Å². The summed E-state index contributed by atoms with van der Waals surface area (Å²) in [5.74, 6) is 3.46.